The van der Waals surface area contributed by atoms with Crippen molar-refractivity contribution in [2.75, 3.05) is 66.6 Å². The Morgan fingerprint density at radius 2 is 1.28 bits per heavy atom. The van der Waals surface area contributed by atoms with Gasteiger partial charge in [-0.15, -0.1) is 0 Å². The van der Waals surface area contributed by atoms with E-state index in [4.69, 9.17) is 45.2 Å². The molecule has 0 aliphatic carbocycles. The topological polar surface area (TPSA) is 221 Å². The molecule has 13 nitrogen and oxygen atoms in total. The van der Waals surface area contributed by atoms with Crippen molar-refractivity contribution in [3.05, 3.63) is 25.3 Å². The Balaban J connectivity index is -0.000000470. The maximum Gasteiger partial charge on any atom is 0.329 e. The molecule has 0 aromatic heterocycles. The fourth-order valence-electron chi connectivity index (χ4n) is 1.95. The first kappa shape index (κ1) is 38.1. The molecule has 0 aromatic carbocycles. The van der Waals surface area contributed by atoms with Gasteiger partial charge in [0.15, 0.2) is 0 Å². The zero-order chi connectivity index (χ0) is 28.5. The van der Waals surface area contributed by atoms with Gasteiger partial charge >= 0.3 is 17.9 Å². The van der Waals surface area contributed by atoms with Crippen molar-refractivity contribution < 1.29 is 64.3 Å². The average molecular weight is 527 g/mol. The van der Waals surface area contributed by atoms with Gasteiger partial charge in [-0.05, 0) is 19.3 Å². The normalized spacial score (nSPS) is 13.0. The van der Waals surface area contributed by atoms with E-state index in [2.05, 4.69) is 17.9 Å². The summed E-state index contributed by atoms with van der Waals surface area (Å²) in [5.41, 5.74) is -2.32. The number of aliphatic hydroxyl groups excluding tert-OH is 6. The number of ether oxygens (including phenoxy) is 3. The first-order valence-corrected chi connectivity index (χ1v) is 11.0. The second-order valence-electron chi connectivity index (χ2n) is 7.74. The van der Waals surface area contributed by atoms with Crippen LogP contribution in [-0.4, -0.2) is 120 Å². The van der Waals surface area contributed by atoms with Gasteiger partial charge in [0, 0.05) is 18.6 Å². The van der Waals surface area contributed by atoms with Crippen LogP contribution < -0.4 is 0 Å². The summed E-state index contributed by atoms with van der Waals surface area (Å²) in [4.78, 5) is 29.6. The van der Waals surface area contributed by atoms with Gasteiger partial charge in [-0.25, -0.2) is 9.59 Å². The van der Waals surface area contributed by atoms with Crippen molar-refractivity contribution in [3.63, 3.8) is 0 Å². The van der Waals surface area contributed by atoms with Gasteiger partial charge in [0.25, 0.3) is 0 Å². The van der Waals surface area contributed by atoms with Crippen molar-refractivity contribution in [1.29, 1.82) is 0 Å². The molecule has 1 heterocycles. The van der Waals surface area contributed by atoms with Crippen LogP contribution in [0.15, 0.2) is 25.3 Å². The number of hydrogen-bond donors (Lipinski definition) is 7. The smallest absolute Gasteiger partial charge is 0.329 e. The van der Waals surface area contributed by atoms with E-state index >= 15 is 0 Å². The number of carboxylic acids is 1. The monoisotopic (exact) mass is 526 g/mol. The number of carbonyl (C=O) groups excluding carboxylic acids is 2. The number of aliphatic hydroxyl groups is 6. The van der Waals surface area contributed by atoms with E-state index in [9.17, 15) is 14.4 Å². The van der Waals surface area contributed by atoms with Crippen molar-refractivity contribution >= 4 is 17.9 Å². The first-order chi connectivity index (χ1) is 17.0. The third-order valence-electron chi connectivity index (χ3n) is 4.66. The standard InChI is InChI=1S/C10H22O7.C6H10O2.C4H6O2.C3H4O2/c11-1-9(2-12,3-13)7-17-8-10(4-14,5-15)6-16;7-6-4-2-1-3-5-8-6;1-3-4(5)6-2;1-2-3(4)5/h11-16H,1-8H2;1-5H2;3H,1H2,2H3;2H,1H2,(H,4,5). The minimum atomic E-state index is -1.16. The molecule has 0 radical (unpaired) electrons. The minimum absolute atomic E-state index is 0.0255. The molecule has 212 valence electrons. The molecule has 0 bridgehead atoms. The zero-order valence-electron chi connectivity index (χ0n) is 20.8. The molecule has 1 rings (SSSR count). The Morgan fingerprint density at radius 1 is 0.861 bits per heavy atom. The highest BCUT2D eigenvalue weighted by atomic mass is 16.5. The Bertz CT molecular complexity index is 552. The van der Waals surface area contributed by atoms with E-state index in [1.165, 1.54) is 7.11 Å². The van der Waals surface area contributed by atoms with Crippen LogP contribution in [0, 0.1) is 10.8 Å². The number of cyclic esters (lactones) is 1. The number of esters is 2. The van der Waals surface area contributed by atoms with Crippen LogP contribution in [0.4, 0.5) is 0 Å². The average Bonchev–Trinajstić information content (AvgIpc) is 3.17. The van der Waals surface area contributed by atoms with Gasteiger partial charge in [-0.2, -0.15) is 0 Å². The third-order valence-corrected chi connectivity index (χ3v) is 4.66. The summed E-state index contributed by atoms with van der Waals surface area (Å²) >= 11 is 0. The summed E-state index contributed by atoms with van der Waals surface area (Å²) in [5.74, 6) is -1.40. The van der Waals surface area contributed by atoms with E-state index < -0.39 is 62.4 Å². The molecule has 1 saturated heterocycles. The second-order valence-corrected chi connectivity index (χ2v) is 7.74. The molecule has 0 spiro atoms. The molecule has 1 aliphatic rings. The van der Waals surface area contributed by atoms with E-state index in [1.807, 2.05) is 0 Å². The number of rotatable bonds is 12. The van der Waals surface area contributed by atoms with Gasteiger partial charge < -0.3 is 50.0 Å². The highest BCUT2D eigenvalue weighted by Crippen LogP contribution is 2.19. The van der Waals surface area contributed by atoms with Crippen LogP contribution in [0.25, 0.3) is 0 Å². The predicted molar refractivity (Wildman–Crippen MR) is 128 cm³/mol. The summed E-state index contributed by atoms with van der Waals surface area (Å²) in [5, 5.41) is 61.8. The number of aliphatic carboxylic acids is 1. The van der Waals surface area contributed by atoms with Crippen LogP contribution >= 0.6 is 0 Å². The summed E-state index contributed by atoms with van der Waals surface area (Å²) in [7, 11) is 1.31. The lowest BCUT2D eigenvalue weighted by Gasteiger charge is -2.31. The molecule has 13 heteroatoms. The fraction of sp³-hybridized carbons (Fsp3) is 0.696. The quantitative estimate of drug-likeness (QED) is 0.115. The van der Waals surface area contributed by atoms with Crippen molar-refractivity contribution in [3.8, 4) is 0 Å². The Kier molecular flexibility index (Phi) is 25.8. The largest absolute Gasteiger partial charge is 0.478 e. The van der Waals surface area contributed by atoms with Crippen LogP contribution in [-0.2, 0) is 28.6 Å². The maximum atomic E-state index is 10.5. The van der Waals surface area contributed by atoms with E-state index in [1.54, 1.807) is 0 Å². The molecule has 0 saturated carbocycles. The Labute approximate surface area is 211 Å². The van der Waals surface area contributed by atoms with Crippen LogP contribution in [0.2, 0.25) is 0 Å². The van der Waals surface area contributed by atoms with E-state index in [0.717, 1.165) is 31.4 Å². The summed E-state index contributed by atoms with van der Waals surface area (Å²) in [6.07, 6.45) is 5.77. The molecule has 0 aromatic rings. The first-order valence-electron chi connectivity index (χ1n) is 11.0. The number of carbonyl (C=O) groups is 3. The third kappa shape index (κ3) is 19.9. The summed E-state index contributed by atoms with van der Waals surface area (Å²) in [6, 6.07) is 0. The molecular formula is C23H42O13. The maximum absolute atomic E-state index is 10.5. The van der Waals surface area contributed by atoms with Gasteiger partial charge in [-0.1, -0.05) is 13.2 Å². The van der Waals surface area contributed by atoms with Crippen LogP contribution in [0.3, 0.4) is 0 Å². The number of hydrogen-bond acceptors (Lipinski definition) is 12. The lowest BCUT2D eigenvalue weighted by molar-refractivity contribution is -0.142. The molecule has 0 unspecified atom stereocenters. The number of carboxylic acid groups (broad SMARTS) is 1. The number of methoxy groups -OCH3 is 1. The lowest BCUT2D eigenvalue weighted by atomic mass is 9.91. The van der Waals surface area contributed by atoms with Crippen molar-refractivity contribution in [1.82, 2.24) is 0 Å². The van der Waals surface area contributed by atoms with Crippen molar-refractivity contribution in [2.45, 2.75) is 25.7 Å². The zero-order valence-corrected chi connectivity index (χ0v) is 20.8. The molecule has 36 heavy (non-hydrogen) atoms. The summed E-state index contributed by atoms with van der Waals surface area (Å²) in [6.45, 7) is 3.75. The van der Waals surface area contributed by atoms with E-state index in [0.29, 0.717) is 13.0 Å². The molecule has 7 N–H and O–H groups in total. The van der Waals surface area contributed by atoms with Crippen LogP contribution in [0.1, 0.15) is 25.7 Å². The molecular weight excluding hydrogens is 484 g/mol. The second kappa shape index (κ2) is 24.3. The van der Waals surface area contributed by atoms with Gasteiger partial charge in [-0.3, -0.25) is 4.79 Å². The molecule has 0 amide bonds. The van der Waals surface area contributed by atoms with Gasteiger partial charge in [0.1, 0.15) is 0 Å². The van der Waals surface area contributed by atoms with Gasteiger partial charge in [0.2, 0.25) is 0 Å². The van der Waals surface area contributed by atoms with Crippen molar-refractivity contribution in [2.24, 2.45) is 10.8 Å². The highest BCUT2D eigenvalue weighted by molar-refractivity contribution is 5.80. The predicted octanol–water partition coefficient (Wildman–Crippen LogP) is -1.36. The SMILES string of the molecule is C=CC(=O)O.C=CC(=O)OC.O=C1CCCCCO1.OCC(CO)(CO)COCC(CO)(CO)CO. The Hall–Kier alpha value is -2.39. The molecule has 1 fully saturated rings. The highest BCUT2D eigenvalue weighted by Gasteiger charge is 2.32. The van der Waals surface area contributed by atoms with Gasteiger partial charge in [0.05, 0.1) is 77.4 Å². The fourth-order valence-corrected chi connectivity index (χ4v) is 1.95. The molecule has 1 aliphatic heterocycles. The lowest BCUT2D eigenvalue weighted by Crippen LogP contribution is -2.43. The van der Waals surface area contributed by atoms with Crippen LogP contribution in [0.5, 0.6) is 0 Å². The van der Waals surface area contributed by atoms with E-state index in [-0.39, 0.29) is 19.2 Å². The molecule has 0 atom stereocenters. The summed E-state index contributed by atoms with van der Waals surface area (Å²) < 4.78 is 14.1. The Morgan fingerprint density at radius 3 is 1.56 bits per heavy atom. The minimum Gasteiger partial charge on any atom is -0.478 e.